The summed E-state index contributed by atoms with van der Waals surface area (Å²) in [6.45, 7) is 0. The summed E-state index contributed by atoms with van der Waals surface area (Å²) >= 11 is 0. The zero-order chi connectivity index (χ0) is 15.7. The van der Waals surface area contributed by atoms with Gasteiger partial charge in [0.15, 0.2) is 0 Å². The van der Waals surface area contributed by atoms with Crippen LogP contribution in [-0.2, 0) is 0 Å². The molecule has 0 saturated carbocycles. The van der Waals surface area contributed by atoms with Gasteiger partial charge in [0.25, 0.3) is 0 Å². The van der Waals surface area contributed by atoms with Crippen LogP contribution in [0.25, 0.3) is 22.3 Å². The topological polar surface area (TPSA) is 92.5 Å². The minimum atomic E-state index is 0.0920. The molecule has 0 aliphatic rings. The average Bonchev–Trinajstić information content (AvgIpc) is 2.51. The van der Waals surface area contributed by atoms with Gasteiger partial charge in [-0.15, -0.1) is 0 Å². The number of benzene rings is 3. The maximum absolute atomic E-state index is 10.3. The lowest BCUT2D eigenvalue weighted by molar-refractivity contribution is 0.463. The number of aromatic hydroxyl groups is 2. The van der Waals surface area contributed by atoms with E-state index in [0.29, 0.717) is 22.5 Å². The van der Waals surface area contributed by atoms with E-state index in [2.05, 4.69) is 0 Å². The van der Waals surface area contributed by atoms with Crippen LogP contribution < -0.4 is 11.5 Å². The van der Waals surface area contributed by atoms with Gasteiger partial charge >= 0.3 is 0 Å². The smallest absolute Gasteiger partial charge is 0.124 e. The fraction of sp³-hybridized carbons (Fsp3) is 0. The monoisotopic (exact) mass is 292 g/mol. The molecule has 0 spiro atoms. The molecule has 0 aliphatic heterocycles. The minimum absolute atomic E-state index is 0.0920. The summed E-state index contributed by atoms with van der Waals surface area (Å²) in [6.07, 6.45) is 0. The lowest BCUT2D eigenvalue weighted by Crippen LogP contribution is -1.87. The highest BCUT2D eigenvalue weighted by Gasteiger charge is 2.12. The predicted molar refractivity (Wildman–Crippen MR) is 89.5 cm³/mol. The second-order valence-electron chi connectivity index (χ2n) is 5.13. The third-order valence-corrected chi connectivity index (χ3v) is 3.56. The van der Waals surface area contributed by atoms with E-state index in [1.807, 2.05) is 0 Å². The van der Waals surface area contributed by atoms with Crippen molar-refractivity contribution in [1.82, 2.24) is 0 Å². The highest BCUT2D eigenvalue weighted by molar-refractivity contribution is 5.81. The van der Waals surface area contributed by atoms with Crippen LogP contribution in [0.15, 0.2) is 60.7 Å². The van der Waals surface area contributed by atoms with Crippen molar-refractivity contribution in [2.75, 3.05) is 11.5 Å². The molecule has 0 amide bonds. The number of nitrogen functional groups attached to an aromatic ring is 2. The third-order valence-electron chi connectivity index (χ3n) is 3.56. The first kappa shape index (κ1) is 13.8. The van der Waals surface area contributed by atoms with Crippen LogP contribution in [0.1, 0.15) is 0 Å². The summed E-state index contributed by atoms with van der Waals surface area (Å²) in [7, 11) is 0. The van der Waals surface area contributed by atoms with Crippen molar-refractivity contribution in [3.05, 3.63) is 60.7 Å². The Kier molecular flexibility index (Phi) is 3.35. The molecular formula is C18H16N2O2. The van der Waals surface area contributed by atoms with Crippen molar-refractivity contribution in [2.24, 2.45) is 0 Å². The molecule has 22 heavy (non-hydrogen) atoms. The molecule has 3 aromatic rings. The molecule has 4 heteroatoms. The van der Waals surface area contributed by atoms with Gasteiger partial charge in [0.05, 0.1) is 0 Å². The van der Waals surface area contributed by atoms with Gasteiger partial charge in [0.1, 0.15) is 11.5 Å². The number of hydrogen-bond acceptors (Lipinski definition) is 4. The Balaban J connectivity index is 2.08. The molecule has 0 heterocycles. The summed E-state index contributed by atoms with van der Waals surface area (Å²) in [5, 5.41) is 20.6. The summed E-state index contributed by atoms with van der Waals surface area (Å²) in [5.74, 6) is 0.184. The van der Waals surface area contributed by atoms with Crippen molar-refractivity contribution >= 4 is 11.4 Å². The fourth-order valence-electron chi connectivity index (χ4n) is 2.36. The molecule has 3 rings (SSSR count). The van der Waals surface area contributed by atoms with Crippen LogP contribution in [0, 0.1) is 0 Å². The van der Waals surface area contributed by atoms with Gasteiger partial charge in [-0.05, 0) is 47.5 Å². The van der Waals surface area contributed by atoms with Gasteiger partial charge < -0.3 is 21.7 Å². The first-order valence-electron chi connectivity index (χ1n) is 6.82. The van der Waals surface area contributed by atoms with Crippen molar-refractivity contribution in [3.8, 4) is 33.8 Å². The van der Waals surface area contributed by atoms with Gasteiger partial charge in [-0.2, -0.15) is 0 Å². The lowest BCUT2D eigenvalue weighted by atomic mass is 9.98. The number of phenolic OH excluding ortho intramolecular Hbond substituents is 2. The lowest BCUT2D eigenvalue weighted by Gasteiger charge is -2.11. The zero-order valence-corrected chi connectivity index (χ0v) is 11.8. The van der Waals surface area contributed by atoms with Crippen LogP contribution in [-0.4, -0.2) is 10.2 Å². The number of rotatable bonds is 2. The summed E-state index contributed by atoms with van der Waals surface area (Å²) in [4.78, 5) is 0. The summed E-state index contributed by atoms with van der Waals surface area (Å²) in [5.41, 5.74) is 15.3. The predicted octanol–water partition coefficient (Wildman–Crippen LogP) is 3.60. The normalized spacial score (nSPS) is 10.5. The van der Waals surface area contributed by atoms with Crippen LogP contribution in [0.2, 0.25) is 0 Å². The Morgan fingerprint density at radius 2 is 0.864 bits per heavy atom. The first-order valence-corrected chi connectivity index (χ1v) is 6.82. The minimum Gasteiger partial charge on any atom is -0.507 e. The highest BCUT2D eigenvalue weighted by Crippen LogP contribution is 2.39. The van der Waals surface area contributed by atoms with Crippen molar-refractivity contribution in [2.45, 2.75) is 0 Å². The van der Waals surface area contributed by atoms with Crippen LogP contribution in [0.4, 0.5) is 11.4 Å². The van der Waals surface area contributed by atoms with Crippen LogP contribution in [0.3, 0.4) is 0 Å². The second kappa shape index (κ2) is 5.33. The molecule has 0 bridgehead atoms. The standard InChI is InChI=1S/C18H16N2O2/c19-13-5-1-11(2-6-13)15-9-18(22)16(10-17(15)21)12-3-7-14(20)8-4-12/h1-10,21-22H,19-20H2. The fourth-order valence-corrected chi connectivity index (χ4v) is 2.36. The molecule has 0 radical (unpaired) electrons. The quantitative estimate of drug-likeness (QED) is 0.429. The SMILES string of the molecule is Nc1ccc(-c2cc(O)c(-c3ccc(N)cc3)cc2O)cc1. The Labute approximate surface area is 128 Å². The van der Waals surface area contributed by atoms with Crippen LogP contribution >= 0.6 is 0 Å². The van der Waals surface area contributed by atoms with Crippen LogP contribution in [0.5, 0.6) is 11.5 Å². The van der Waals surface area contributed by atoms with E-state index in [0.717, 1.165) is 11.1 Å². The van der Waals surface area contributed by atoms with E-state index < -0.39 is 0 Å². The van der Waals surface area contributed by atoms with E-state index >= 15 is 0 Å². The van der Waals surface area contributed by atoms with Gasteiger partial charge in [-0.25, -0.2) is 0 Å². The number of anilines is 2. The molecule has 0 atom stereocenters. The summed E-state index contributed by atoms with van der Waals surface area (Å²) < 4.78 is 0. The third kappa shape index (κ3) is 2.54. The molecule has 0 aliphatic carbocycles. The Bertz CT molecular complexity index is 738. The van der Waals surface area contributed by atoms with E-state index in [9.17, 15) is 10.2 Å². The van der Waals surface area contributed by atoms with E-state index in [4.69, 9.17) is 11.5 Å². The molecule has 0 aromatic heterocycles. The van der Waals surface area contributed by atoms with E-state index in [-0.39, 0.29) is 11.5 Å². The first-order chi connectivity index (χ1) is 10.5. The van der Waals surface area contributed by atoms with E-state index in [1.54, 1.807) is 60.7 Å². The van der Waals surface area contributed by atoms with Gasteiger partial charge in [0.2, 0.25) is 0 Å². The molecule has 4 nitrogen and oxygen atoms in total. The number of nitrogens with two attached hydrogens (primary N) is 2. The Morgan fingerprint density at radius 1 is 0.545 bits per heavy atom. The van der Waals surface area contributed by atoms with Crippen molar-refractivity contribution in [3.63, 3.8) is 0 Å². The van der Waals surface area contributed by atoms with Gasteiger partial charge in [-0.3, -0.25) is 0 Å². The molecule has 110 valence electrons. The number of hydrogen-bond donors (Lipinski definition) is 4. The average molecular weight is 292 g/mol. The van der Waals surface area contributed by atoms with Crippen molar-refractivity contribution < 1.29 is 10.2 Å². The number of phenols is 2. The van der Waals surface area contributed by atoms with Gasteiger partial charge in [-0.1, -0.05) is 24.3 Å². The van der Waals surface area contributed by atoms with Crippen molar-refractivity contribution in [1.29, 1.82) is 0 Å². The second-order valence-corrected chi connectivity index (χ2v) is 5.13. The molecule has 0 saturated heterocycles. The molecule has 3 aromatic carbocycles. The molecule has 0 unspecified atom stereocenters. The van der Waals surface area contributed by atoms with Gasteiger partial charge in [0, 0.05) is 22.5 Å². The Hall–Kier alpha value is -3.14. The maximum Gasteiger partial charge on any atom is 0.124 e. The van der Waals surface area contributed by atoms with E-state index in [1.165, 1.54) is 0 Å². The molecular weight excluding hydrogens is 276 g/mol. The zero-order valence-electron chi connectivity index (χ0n) is 11.8. The highest BCUT2D eigenvalue weighted by atomic mass is 16.3. The molecule has 0 fully saturated rings. The molecule has 6 N–H and O–H groups in total. The Morgan fingerprint density at radius 3 is 1.18 bits per heavy atom. The summed E-state index contributed by atoms with van der Waals surface area (Å²) in [6, 6.07) is 17.3. The largest absolute Gasteiger partial charge is 0.507 e. The maximum atomic E-state index is 10.3.